The second kappa shape index (κ2) is 5.89. The van der Waals surface area contributed by atoms with Crippen LogP contribution in [-0.2, 0) is 16.0 Å². The molecule has 2 rings (SSSR count). The predicted octanol–water partition coefficient (Wildman–Crippen LogP) is 1.65. The van der Waals surface area contributed by atoms with Crippen molar-refractivity contribution in [3.05, 3.63) is 28.8 Å². The molecule has 0 spiro atoms. The van der Waals surface area contributed by atoms with Crippen LogP contribution in [0.15, 0.2) is 18.2 Å². The summed E-state index contributed by atoms with van der Waals surface area (Å²) >= 11 is 5.99. The van der Waals surface area contributed by atoms with Crippen LogP contribution in [0.25, 0.3) is 0 Å². The van der Waals surface area contributed by atoms with Gasteiger partial charge in [-0.2, -0.15) is 0 Å². The van der Waals surface area contributed by atoms with Crippen molar-refractivity contribution in [1.82, 2.24) is 0 Å². The molecular formula is C13H19ClN2O2. The Hall–Kier alpha value is -0.810. The van der Waals surface area contributed by atoms with Crippen LogP contribution in [0.1, 0.15) is 5.56 Å². The van der Waals surface area contributed by atoms with Gasteiger partial charge >= 0.3 is 0 Å². The summed E-state index contributed by atoms with van der Waals surface area (Å²) in [6, 6.07) is 5.81. The number of anilines is 1. The molecule has 4 nitrogen and oxygen atoms in total. The molecule has 5 heteroatoms. The Morgan fingerprint density at radius 1 is 1.28 bits per heavy atom. The second-order valence-electron chi connectivity index (χ2n) is 4.43. The molecule has 2 atom stereocenters. The maximum Gasteiger partial charge on any atom is 0.102 e. The minimum Gasteiger partial charge on any atom is -0.377 e. The van der Waals surface area contributed by atoms with E-state index in [2.05, 4.69) is 4.90 Å². The molecule has 1 fully saturated rings. The van der Waals surface area contributed by atoms with E-state index in [0.29, 0.717) is 11.6 Å². The number of ether oxygens (including phenoxy) is 2. The highest BCUT2D eigenvalue weighted by molar-refractivity contribution is 6.30. The smallest absolute Gasteiger partial charge is 0.102 e. The van der Waals surface area contributed by atoms with Gasteiger partial charge in [-0.3, -0.25) is 0 Å². The zero-order valence-electron chi connectivity index (χ0n) is 10.7. The molecule has 2 unspecified atom stereocenters. The lowest BCUT2D eigenvalue weighted by Crippen LogP contribution is -2.27. The van der Waals surface area contributed by atoms with Crippen LogP contribution >= 0.6 is 11.6 Å². The highest BCUT2D eigenvalue weighted by Crippen LogP contribution is 2.28. The molecule has 18 heavy (non-hydrogen) atoms. The summed E-state index contributed by atoms with van der Waals surface area (Å²) in [5.74, 6) is 0. The molecule has 1 saturated heterocycles. The summed E-state index contributed by atoms with van der Waals surface area (Å²) in [4.78, 5) is 2.24. The standard InChI is InChI=1S/C13H19ClN2O2/c1-17-12-7-16(8-13(12)18-2)11-4-3-10(14)5-9(11)6-15/h3-5,12-13H,6-8,15H2,1-2H3. The number of methoxy groups -OCH3 is 2. The van der Waals surface area contributed by atoms with Gasteiger partial charge in [-0.25, -0.2) is 0 Å². The molecule has 1 aliphatic heterocycles. The van der Waals surface area contributed by atoms with E-state index in [4.69, 9.17) is 26.8 Å². The second-order valence-corrected chi connectivity index (χ2v) is 4.87. The zero-order valence-corrected chi connectivity index (χ0v) is 11.5. The first-order valence-electron chi connectivity index (χ1n) is 5.98. The molecule has 1 heterocycles. The van der Waals surface area contributed by atoms with Gasteiger partial charge in [0.15, 0.2) is 0 Å². The third kappa shape index (κ3) is 2.62. The number of nitrogens with zero attached hydrogens (tertiary/aromatic N) is 1. The van der Waals surface area contributed by atoms with E-state index in [1.807, 2.05) is 18.2 Å². The number of nitrogens with two attached hydrogens (primary N) is 1. The van der Waals surface area contributed by atoms with Gasteiger partial charge in [-0.05, 0) is 23.8 Å². The Balaban J connectivity index is 2.22. The van der Waals surface area contributed by atoms with Crippen LogP contribution in [0.4, 0.5) is 5.69 Å². The van der Waals surface area contributed by atoms with Crippen LogP contribution in [0, 0.1) is 0 Å². The van der Waals surface area contributed by atoms with E-state index in [1.165, 1.54) is 0 Å². The SMILES string of the molecule is COC1CN(c2ccc(Cl)cc2CN)CC1OC. The molecular weight excluding hydrogens is 252 g/mol. The third-order valence-corrected chi connectivity index (χ3v) is 3.66. The first kappa shape index (κ1) is 13.6. The van der Waals surface area contributed by atoms with E-state index in [9.17, 15) is 0 Å². The molecule has 1 aromatic rings. The topological polar surface area (TPSA) is 47.7 Å². The summed E-state index contributed by atoms with van der Waals surface area (Å²) < 4.78 is 10.9. The van der Waals surface area contributed by atoms with Crippen molar-refractivity contribution in [2.45, 2.75) is 18.8 Å². The quantitative estimate of drug-likeness (QED) is 0.904. The normalized spacial score (nSPS) is 23.7. The van der Waals surface area contributed by atoms with Crippen molar-refractivity contribution >= 4 is 17.3 Å². The Labute approximate surface area is 113 Å². The molecule has 1 aromatic carbocycles. The van der Waals surface area contributed by atoms with Crippen LogP contribution in [-0.4, -0.2) is 39.5 Å². The number of hydrogen-bond donors (Lipinski definition) is 1. The van der Waals surface area contributed by atoms with E-state index < -0.39 is 0 Å². The Morgan fingerprint density at radius 2 is 1.89 bits per heavy atom. The lowest BCUT2D eigenvalue weighted by molar-refractivity contribution is -0.00461. The Morgan fingerprint density at radius 3 is 2.39 bits per heavy atom. The predicted molar refractivity (Wildman–Crippen MR) is 73.2 cm³/mol. The van der Waals surface area contributed by atoms with E-state index in [-0.39, 0.29) is 12.2 Å². The fourth-order valence-electron chi connectivity index (χ4n) is 2.42. The monoisotopic (exact) mass is 270 g/mol. The van der Waals surface area contributed by atoms with Crippen molar-refractivity contribution < 1.29 is 9.47 Å². The van der Waals surface area contributed by atoms with Crippen LogP contribution in [0.2, 0.25) is 5.02 Å². The molecule has 0 bridgehead atoms. The number of rotatable bonds is 4. The molecule has 0 radical (unpaired) electrons. The van der Waals surface area contributed by atoms with Crippen molar-refractivity contribution in [3.63, 3.8) is 0 Å². The zero-order chi connectivity index (χ0) is 13.1. The van der Waals surface area contributed by atoms with Gasteiger partial charge in [0, 0.05) is 44.6 Å². The summed E-state index contributed by atoms with van der Waals surface area (Å²) in [5.41, 5.74) is 7.94. The highest BCUT2D eigenvalue weighted by Gasteiger charge is 2.33. The van der Waals surface area contributed by atoms with Crippen LogP contribution in [0.5, 0.6) is 0 Å². The minimum absolute atomic E-state index is 0.0938. The van der Waals surface area contributed by atoms with Gasteiger partial charge in [-0.1, -0.05) is 11.6 Å². The lowest BCUT2D eigenvalue weighted by Gasteiger charge is -2.21. The van der Waals surface area contributed by atoms with E-state index >= 15 is 0 Å². The first-order chi connectivity index (χ1) is 8.69. The van der Waals surface area contributed by atoms with E-state index in [0.717, 1.165) is 24.3 Å². The number of hydrogen-bond acceptors (Lipinski definition) is 4. The molecule has 1 aliphatic rings. The highest BCUT2D eigenvalue weighted by atomic mass is 35.5. The van der Waals surface area contributed by atoms with Crippen molar-refractivity contribution in [1.29, 1.82) is 0 Å². The Bertz CT molecular complexity index is 402. The molecule has 0 aromatic heterocycles. The largest absolute Gasteiger partial charge is 0.377 e. The average molecular weight is 271 g/mol. The van der Waals surface area contributed by atoms with Gasteiger partial charge < -0.3 is 20.1 Å². The summed E-state index contributed by atoms with van der Waals surface area (Å²) in [6.45, 7) is 2.09. The number of halogens is 1. The summed E-state index contributed by atoms with van der Waals surface area (Å²) in [7, 11) is 3.43. The van der Waals surface area contributed by atoms with Crippen molar-refractivity contribution in [2.75, 3.05) is 32.2 Å². The van der Waals surface area contributed by atoms with Crippen LogP contribution < -0.4 is 10.6 Å². The average Bonchev–Trinajstić information content (AvgIpc) is 2.81. The molecule has 100 valence electrons. The third-order valence-electron chi connectivity index (χ3n) is 3.42. The van der Waals surface area contributed by atoms with Gasteiger partial charge in [0.05, 0.1) is 0 Å². The lowest BCUT2D eigenvalue weighted by atomic mass is 10.1. The van der Waals surface area contributed by atoms with Crippen molar-refractivity contribution in [3.8, 4) is 0 Å². The molecule has 0 aliphatic carbocycles. The van der Waals surface area contributed by atoms with Gasteiger partial charge in [0.25, 0.3) is 0 Å². The van der Waals surface area contributed by atoms with Gasteiger partial charge in [-0.15, -0.1) is 0 Å². The maximum absolute atomic E-state index is 5.99. The summed E-state index contributed by atoms with van der Waals surface area (Å²) in [6.07, 6.45) is 0.188. The fourth-order valence-corrected chi connectivity index (χ4v) is 2.61. The molecule has 0 amide bonds. The minimum atomic E-state index is 0.0938. The maximum atomic E-state index is 5.99. The van der Waals surface area contributed by atoms with Crippen molar-refractivity contribution in [2.24, 2.45) is 5.73 Å². The summed E-state index contributed by atoms with van der Waals surface area (Å²) in [5, 5.41) is 0.713. The fraction of sp³-hybridized carbons (Fsp3) is 0.538. The van der Waals surface area contributed by atoms with Gasteiger partial charge in [0.2, 0.25) is 0 Å². The van der Waals surface area contributed by atoms with E-state index in [1.54, 1.807) is 14.2 Å². The molecule has 0 saturated carbocycles. The molecule has 2 N–H and O–H groups in total. The van der Waals surface area contributed by atoms with Gasteiger partial charge in [0.1, 0.15) is 12.2 Å². The number of benzene rings is 1. The Kier molecular flexibility index (Phi) is 4.45. The first-order valence-corrected chi connectivity index (χ1v) is 6.36. The van der Waals surface area contributed by atoms with Crippen LogP contribution in [0.3, 0.4) is 0 Å².